The number of carbonyl (C=O) groups is 1. The van der Waals surface area contributed by atoms with Gasteiger partial charge in [0.15, 0.2) is 0 Å². The van der Waals surface area contributed by atoms with Crippen LogP contribution in [0.3, 0.4) is 0 Å². The van der Waals surface area contributed by atoms with Crippen LogP contribution in [0.1, 0.15) is 12.8 Å². The van der Waals surface area contributed by atoms with Crippen LogP contribution in [0.15, 0.2) is 30.3 Å². The van der Waals surface area contributed by atoms with Crippen LogP contribution >= 0.6 is 0 Å². The standard InChI is InChI=1S/C6H5F.C4H6O2/c7-6-4-2-1-3-5-6;5-4(6)3-1-2-3/h1-5H;3H,1-2H2,(H,5,6). The van der Waals surface area contributed by atoms with E-state index >= 15 is 0 Å². The van der Waals surface area contributed by atoms with E-state index in [1.54, 1.807) is 18.2 Å². The number of carboxylic acids is 1. The molecule has 0 bridgehead atoms. The SMILES string of the molecule is Fc1ccccc1.O=C(O)C1CC1. The van der Waals surface area contributed by atoms with E-state index in [-0.39, 0.29) is 11.7 Å². The summed E-state index contributed by atoms with van der Waals surface area (Å²) in [6.07, 6.45) is 1.80. The van der Waals surface area contributed by atoms with Gasteiger partial charge >= 0.3 is 5.97 Å². The van der Waals surface area contributed by atoms with E-state index < -0.39 is 5.97 Å². The van der Waals surface area contributed by atoms with Gasteiger partial charge in [-0.25, -0.2) is 4.39 Å². The zero-order valence-electron chi connectivity index (χ0n) is 7.11. The molecule has 0 aromatic heterocycles. The number of benzene rings is 1. The summed E-state index contributed by atoms with van der Waals surface area (Å²) in [5.74, 6) is -0.789. The van der Waals surface area contributed by atoms with Crippen LogP contribution in [-0.4, -0.2) is 11.1 Å². The quantitative estimate of drug-likeness (QED) is 0.723. The van der Waals surface area contributed by atoms with Gasteiger partial charge in [0.25, 0.3) is 0 Å². The lowest BCUT2D eigenvalue weighted by Gasteiger charge is -1.78. The van der Waals surface area contributed by atoms with Crippen LogP contribution in [0.25, 0.3) is 0 Å². The van der Waals surface area contributed by atoms with Gasteiger partial charge in [-0.3, -0.25) is 4.79 Å². The smallest absolute Gasteiger partial charge is 0.306 e. The van der Waals surface area contributed by atoms with Crippen molar-refractivity contribution in [2.24, 2.45) is 5.92 Å². The fourth-order valence-electron chi connectivity index (χ4n) is 0.745. The number of carboxylic acid groups (broad SMARTS) is 1. The fraction of sp³-hybridized carbons (Fsp3) is 0.300. The average molecular weight is 182 g/mol. The lowest BCUT2D eigenvalue weighted by molar-refractivity contribution is -0.138. The third-order valence-corrected chi connectivity index (χ3v) is 1.66. The topological polar surface area (TPSA) is 37.3 Å². The number of hydrogen-bond donors (Lipinski definition) is 1. The highest BCUT2D eigenvalue weighted by Gasteiger charge is 2.28. The van der Waals surface area contributed by atoms with Crippen LogP contribution in [0.5, 0.6) is 0 Å². The molecule has 0 spiro atoms. The van der Waals surface area contributed by atoms with Crippen molar-refractivity contribution in [2.75, 3.05) is 0 Å². The monoisotopic (exact) mass is 182 g/mol. The largest absolute Gasteiger partial charge is 0.481 e. The lowest BCUT2D eigenvalue weighted by Crippen LogP contribution is -1.94. The van der Waals surface area contributed by atoms with Gasteiger partial charge in [-0.05, 0) is 25.0 Å². The normalized spacial score (nSPS) is 14.2. The molecule has 1 aliphatic rings. The van der Waals surface area contributed by atoms with Crippen molar-refractivity contribution in [3.63, 3.8) is 0 Å². The Kier molecular flexibility index (Phi) is 3.43. The summed E-state index contributed by atoms with van der Waals surface area (Å²) >= 11 is 0. The second-order valence-electron chi connectivity index (χ2n) is 2.91. The zero-order valence-corrected chi connectivity index (χ0v) is 7.11. The van der Waals surface area contributed by atoms with Crippen molar-refractivity contribution in [1.29, 1.82) is 0 Å². The Hall–Kier alpha value is -1.38. The van der Waals surface area contributed by atoms with Crippen LogP contribution in [0, 0.1) is 11.7 Å². The van der Waals surface area contributed by atoms with E-state index in [4.69, 9.17) is 5.11 Å². The molecule has 0 atom stereocenters. The van der Waals surface area contributed by atoms with Crippen LogP contribution < -0.4 is 0 Å². The van der Waals surface area contributed by atoms with E-state index in [0.717, 1.165) is 12.8 Å². The lowest BCUT2D eigenvalue weighted by atomic mass is 10.4. The highest BCUT2D eigenvalue weighted by Crippen LogP contribution is 2.28. The molecule has 0 unspecified atom stereocenters. The van der Waals surface area contributed by atoms with Gasteiger partial charge in [-0.2, -0.15) is 0 Å². The Bertz CT molecular complexity index is 268. The summed E-state index contributed by atoms with van der Waals surface area (Å²) < 4.78 is 11.9. The van der Waals surface area contributed by atoms with Crippen molar-refractivity contribution in [1.82, 2.24) is 0 Å². The Labute approximate surface area is 76.0 Å². The maximum atomic E-state index is 11.9. The molecule has 1 aliphatic carbocycles. The van der Waals surface area contributed by atoms with Gasteiger partial charge in [0.1, 0.15) is 5.82 Å². The Morgan fingerprint density at radius 1 is 1.31 bits per heavy atom. The first-order chi connectivity index (χ1) is 6.20. The number of aliphatic carboxylic acids is 1. The molecular weight excluding hydrogens is 171 g/mol. The van der Waals surface area contributed by atoms with Crippen LogP contribution in [0.2, 0.25) is 0 Å². The molecule has 70 valence electrons. The highest BCUT2D eigenvalue weighted by molar-refractivity contribution is 5.72. The van der Waals surface area contributed by atoms with E-state index in [0.29, 0.717) is 0 Å². The maximum absolute atomic E-state index is 11.9. The molecule has 13 heavy (non-hydrogen) atoms. The summed E-state index contributed by atoms with van der Waals surface area (Å²) in [5, 5.41) is 8.05. The van der Waals surface area contributed by atoms with Gasteiger partial charge < -0.3 is 5.11 Å². The molecular formula is C10H11FO2. The molecule has 3 heteroatoms. The molecule has 1 N–H and O–H groups in total. The molecule has 1 fully saturated rings. The molecule has 0 saturated heterocycles. The number of rotatable bonds is 1. The van der Waals surface area contributed by atoms with E-state index in [2.05, 4.69) is 0 Å². The third kappa shape index (κ3) is 4.25. The first-order valence-corrected chi connectivity index (χ1v) is 4.13. The summed E-state index contributed by atoms with van der Waals surface area (Å²) in [4.78, 5) is 9.76. The predicted octanol–water partition coefficient (Wildman–Crippen LogP) is 2.31. The van der Waals surface area contributed by atoms with Crippen molar-refractivity contribution in [3.05, 3.63) is 36.1 Å². The van der Waals surface area contributed by atoms with Gasteiger partial charge in [-0.15, -0.1) is 0 Å². The second-order valence-corrected chi connectivity index (χ2v) is 2.91. The highest BCUT2D eigenvalue weighted by atomic mass is 19.1. The van der Waals surface area contributed by atoms with Crippen molar-refractivity contribution in [2.45, 2.75) is 12.8 Å². The van der Waals surface area contributed by atoms with Crippen molar-refractivity contribution < 1.29 is 14.3 Å². The first-order valence-electron chi connectivity index (χ1n) is 4.13. The Morgan fingerprint density at radius 3 is 2.00 bits per heavy atom. The summed E-state index contributed by atoms with van der Waals surface area (Å²) in [7, 11) is 0. The second kappa shape index (κ2) is 4.60. The molecule has 0 amide bonds. The van der Waals surface area contributed by atoms with E-state index in [1.807, 2.05) is 0 Å². The van der Waals surface area contributed by atoms with Crippen molar-refractivity contribution >= 4 is 5.97 Å². The van der Waals surface area contributed by atoms with E-state index in [9.17, 15) is 9.18 Å². The molecule has 2 rings (SSSR count). The summed E-state index contributed by atoms with van der Waals surface area (Å²) in [6.45, 7) is 0. The Balaban J connectivity index is 0.000000132. The predicted molar refractivity (Wildman–Crippen MR) is 46.8 cm³/mol. The molecule has 0 heterocycles. The van der Waals surface area contributed by atoms with Crippen LogP contribution in [0.4, 0.5) is 4.39 Å². The van der Waals surface area contributed by atoms with E-state index in [1.165, 1.54) is 12.1 Å². The fourth-order valence-corrected chi connectivity index (χ4v) is 0.745. The number of hydrogen-bond acceptors (Lipinski definition) is 1. The summed E-state index contributed by atoms with van der Waals surface area (Å²) in [6, 6.07) is 7.94. The minimum Gasteiger partial charge on any atom is -0.481 e. The molecule has 0 radical (unpaired) electrons. The van der Waals surface area contributed by atoms with Crippen molar-refractivity contribution in [3.8, 4) is 0 Å². The minimum atomic E-state index is -0.630. The van der Waals surface area contributed by atoms with Gasteiger partial charge in [-0.1, -0.05) is 18.2 Å². The third-order valence-electron chi connectivity index (χ3n) is 1.66. The van der Waals surface area contributed by atoms with Gasteiger partial charge in [0, 0.05) is 0 Å². The maximum Gasteiger partial charge on any atom is 0.306 e. The first kappa shape index (κ1) is 9.71. The summed E-state index contributed by atoms with van der Waals surface area (Å²) in [5.41, 5.74) is 0. The zero-order chi connectivity index (χ0) is 9.68. The molecule has 1 aromatic rings. The van der Waals surface area contributed by atoms with Crippen LogP contribution in [-0.2, 0) is 4.79 Å². The Morgan fingerprint density at radius 2 is 1.85 bits per heavy atom. The minimum absolute atomic E-state index is 0.0185. The molecule has 0 aliphatic heterocycles. The average Bonchev–Trinajstić information content (AvgIpc) is 2.88. The van der Waals surface area contributed by atoms with Gasteiger partial charge in [0.05, 0.1) is 5.92 Å². The number of halogens is 1. The molecule has 1 saturated carbocycles. The molecule has 1 aromatic carbocycles. The molecule has 2 nitrogen and oxygen atoms in total. The van der Waals surface area contributed by atoms with Gasteiger partial charge in [0.2, 0.25) is 0 Å².